The number of rotatable bonds is 5. The topological polar surface area (TPSA) is 83.6 Å². The van der Waals surface area contributed by atoms with Crippen molar-refractivity contribution in [3.63, 3.8) is 0 Å². The number of nitrogens with zero attached hydrogens (tertiary/aromatic N) is 1. The van der Waals surface area contributed by atoms with Crippen molar-refractivity contribution in [1.82, 2.24) is 0 Å². The Bertz CT molecular complexity index is 548. The van der Waals surface area contributed by atoms with E-state index in [-0.39, 0.29) is 11.5 Å². The Hall–Kier alpha value is -1.53. The number of amides is 1. The molecule has 1 aliphatic rings. The zero-order valence-corrected chi connectivity index (χ0v) is 12.9. The van der Waals surface area contributed by atoms with E-state index >= 15 is 0 Å². The van der Waals surface area contributed by atoms with Gasteiger partial charge in [0.2, 0.25) is 5.91 Å². The highest BCUT2D eigenvalue weighted by atomic mass is 32.2. The fourth-order valence-electron chi connectivity index (χ4n) is 2.62. The molecule has 1 aromatic carbocycles. The molecule has 1 aromatic rings. The molecule has 0 fully saturated rings. The first-order valence-electron chi connectivity index (χ1n) is 6.97. The number of hydrogen-bond acceptors (Lipinski definition) is 4. The van der Waals surface area contributed by atoms with Crippen LogP contribution in [0.25, 0.3) is 0 Å². The van der Waals surface area contributed by atoms with Gasteiger partial charge in [-0.3, -0.25) is 4.79 Å². The highest BCUT2D eigenvalue weighted by Gasteiger charge is 2.28. The van der Waals surface area contributed by atoms with Crippen molar-refractivity contribution in [1.29, 1.82) is 0 Å². The summed E-state index contributed by atoms with van der Waals surface area (Å²) in [6.07, 6.45) is 4.05. The normalized spacial score (nSPS) is 15.4. The fourth-order valence-corrected chi connectivity index (χ4v) is 3.11. The van der Waals surface area contributed by atoms with Gasteiger partial charge in [0.15, 0.2) is 0 Å². The van der Waals surface area contributed by atoms with Crippen LogP contribution in [0.15, 0.2) is 18.2 Å². The van der Waals surface area contributed by atoms with Crippen LogP contribution in [-0.2, 0) is 11.2 Å². The Balaban J connectivity index is 2.28. The second-order valence-electron chi connectivity index (χ2n) is 5.09. The number of carboxylic acids is 1. The standard InChI is InChI=1S/C15H20N2O3S/c1-21-9-7-12(16)14(18)17-8-3-5-10-11(15(19)20)4-2-6-13(10)17/h2,4,6,12H,3,5,7-9,16H2,1H3,(H,19,20)/t12-/m1/s1. The predicted octanol–water partition coefficient (Wildman–Crippen LogP) is 1.74. The first-order valence-corrected chi connectivity index (χ1v) is 8.36. The Morgan fingerprint density at radius 3 is 2.90 bits per heavy atom. The highest BCUT2D eigenvalue weighted by molar-refractivity contribution is 7.98. The zero-order valence-electron chi connectivity index (χ0n) is 12.0. The van der Waals surface area contributed by atoms with Gasteiger partial charge in [-0.1, -0.05) is 6.07 Å². The summed E-state index contributed by atoms with van der Waals surface area (Å²) < 4.78 is 0. The summed E-state index contributed by atoms with van der Waals surface area (Å²) in [5.74, 6) is -0.233. The van der Waals surface area contributed by atoms with Gasteiger partial charge in [-0.2, -0.15) is 11.8 Å². The van der Waals surface area contributed by atoms with Crippen molar-refractivity contribution in [2.45, 2.75) is 25.3 Å². The summed E-state index contributed by atoms with van der Waals surface area (Å²) in [6.45, 7) is 0.599. The van der Waals surface area contributed by atoms with Crippen molar-refractivity contribution >= 4 is 29.3 Å². The number of nitrogens with two attached hydrogens (primary N) is 1. The monoisotopic (exact) mass is 308 g/mol. The SMILES string of the molecule is CSCC[C@@H](N)C(=O)N1CCCc2c(C(=O)O)cccc21. The molecule has 3 N–H and O–H groups in total. The lowest BCUT2D eigenvalue weighted by molar-refractivity contribution is -0.120. The summed E-state index contributed by atoms with van der Waals surface area (Å²) in [5.41, 5.74) is 7.69. The minimum Gasteiger partial charge on any atom is -0.478 e. The second-order valence-corrected chi connectivity index (χ2v) is 6.08. The minimum absolute atomic E-state index is 0.118. The number of fused-ring (bicyclic) bond motifs is 1. The van der Waals surface area contributed by atoms with Crippen LogP contribution < -0.4 is 10.6 Å². The summed E-state index contributed by atoms with van der Waals surface area (Å²) in [5, 5.41) is 9.26. The molecule has 0 aromatic heterocycles. The van der Waals surface area contributed by atoms with E-state index in [1.165, 1.54) is 0 Å². The molecule has 0 saturated carbocycles. The van der Waals surface area contributed by atoms with E-state index in [9.17, 15) is 14.7 Å². The fraction of sp³-hybridized carbons (Fsp3) is 0.467. The highest BCUT2D eigenvalue weighted by Crippen LogP contribution is 2.30. The molecule has 21 heavy (non-hydrogen) atoms. The molecule has 5 nitrogen and oxygen atoms in total. The van der Waals surface area contributed by atoms with E-state index < -0.39 is 12.0 Å². The van der Waals surface area contributed by atoms with Gasteiger partial charge in [0.05, 0.1) is 11.6 Å². The Morgan fingerprint density at radius 2 is 2.24 bits per heavy atom. The molecule has 1 heterocycles. The number of thioether (sulfide) groups is 1. The Kier molecular flexibility index (Phi) is 5.25. The first kappa shape index (κ1) is 15.9. The second kappa shape index (κ2) is 6.95. The van der Waals surface area contributed by atoms with Gasteiger partial charge in [0.25, 0.3) is 0 Å². The average Bonchev–Trinajstić information content (AvgIpc) is 2.50. The molecule has 1 aliphatic heterocycles. The van der Waals surface area contributed by atoms with Gasteiger partial charge >= 0.3 is 5.97 Å². The van der Waals surface area contributed by atoms with Crippen LogP contribution in [0.3, 0.4) is 0 Å². The van der Waals surface area contributed by atoms with Crippen LogP contribution in [0.1, 0.15) is 28.8 Å². The molecule has 6 heteroatoms. The van der Waals surface area contributed by atoms with Crippen molar-refractivity contribution < 1.29 is 14.7 Å². The van der Waals surface area contributed by atoms with Gasteiger partial charge in [0, 0.05) is 12.2 Å². The molecule has 0 bridgehead atoms. The first-order chi connectivity index (χ1) is 10.1. The minimum atomic E-state index is -0.951. The van der Waals surface area contributed by atoms with Crippen LogP contribution in [0, 0.1) is 0 Å². The van der Waals surface area contributed by atoms with E-state index in [2.05, 4.69) is 0 Å². The van der Waals surface area contributed by atoms with E-state index in [1.807, 2.05) is 6.26 Å². The van der Waals surface area contributed by atoms with Crippen molar-refractivity contribution in [3.8, 4) is 0 Å². The third kappa shape index (κ3) is 3.39. The van der Waals surface area contributed by atoms with Gasteiger partial charge in [-0.15, -0.1) is 0 Å². The maximum absolute atomic E-state index is 12.5. The van der Waals surface area contributed by atoms with Crippen LogP contribution in [0.4, 0.5) is 5.69 Å². The van der Waals surface area contributed by atoms with Crippen LogP contribution in [0.2, 0.25) is 0 Å². The largest absolute Gasteiger partial charge is 0.478 e. The van der Waals surface area contributed by atoms with Gasteiger partial charge in [0.1, 0.15) is 0 Å². The van der Waals surface area contributed by atoms with Crippen LogP contribution >= 0.6 is 11.8 Å². The molecule has 0 saturated heterocycles. The molecule has 0 unspecified atom stereocenters. The zero-order chi connectivity index (χ0) is 15.4. The number of carboxylic acid groups (broad SMARTS) is 1. The van der Waals surface area contributed by atoms with Crippen LogP contribution in [-0.4, -0.2) is 41.6 Å². The van der Waals surface area contributed by atoms with Gasteiger partial charge in [-0.25, -0.2) is 4.79 Å². The number of benzene rings is 1. The number of hydrogen-bond donors (Lipinski definition) is 2. The third-order valence-electron chi connectivity index (χ3n) is 3.70. The van der Waals surface area contributed by atoms with E-state index in [0.29, 0.717) is 25.1 Å². The number of carbonyl (C=O) groups is 2. The smallest absolute Gasteiger partial charge is 0.336 e. The van der Waals surface area contributed by atoms with Crippen molar-refractivity contribution in [2.24, 2.45) is 5.73 Å². The van der Waals surface area contributed by atoms with E-state index in [1.54, 1.807) is 34.9 Å². The van der Waals surface area contributed by atoms with Gasteiger partial charge < -0.3 is 15.7 Å². The maximum atomic E-state index is 12.5. The summed E-state index contributed by atoms with van der Waals surface area (Å²) in [4.78, 5) is 25.4. The average molecular weight is 308 g/mol. The Labute approximate surface area is 128 Å². The number of anilines is 1. The molecular formula is C15H20N2O3S. The summed E-state index contributed by atoms with van der Waals surface area (Å²) in [6, 6.07) is 4.54. The van der Waals surface area contributed by atoms with E-state index in [0.717, 1.165) is 17.7 Å². The molecule has 114 valence electrons. The quantitative estimate of drug-likeness (QED) is 0.865. The predicted molar refractivity (Wildman–Crippen MR) is 85.0 cm³/mol. The molecule has 2 rings (SSSR count). The van der Waals surface area contributed by atoms with Crippen LogP contribution in [0.5, 0.6) is 0 Å². The molecular weight excluding hydrogens is 288 g/mol. The Morgan fingerprint density at radius 1 is 1.48 bits per heavy atom. The number of carbonyl (C=O) groups excluding carboxylic acids is 1. The molecule has 0 radical (unpaired) electrons. The lowest BCUT2D eigenvalue weighted by atomic mass is 9.95. The van der Waals surface area contributed by atoms with E-state index in [4.69, 9.17) is 5.73 Å². The molecule has 0 aliphatic carbocycles. The summed E-state index contributed by atoms with van der Waals surface area (Å²) in [7, 11) is 0. The molecule has 1 atom stereocenters. The lowest BCUT2D eigenvalue weighted by Crippen LogP contribution is -2.46. The van der Waals surface area contributed by atoms with Crippen molar-refractivity contribution in [2.75, 3.05) is 23.5 Å². The van der Waals surface area contributed by atoms with Crippen molar-refractivity contribution in [3.05, 3.63) is 29.3 Å². The summed E-state index contributed by atoms with van der Waals surface area (Å²) >= 11 is 1.66. The maximum Gasteiger partial charge on any atom is 0.336 e. The molecule has 0 spiro atoms. The van der Waals surface area contributed by atoms with Gasteiger partial charge in [-0.05, 0) is 49.0 Å². The lowest BCUT2D eigenvalue weighted by Gasteiger charge is -2.32. The molecule has 1 amide bonds. The third-order valence-corrected chi connectivity index (χ3v) is 4.34. The number of aromatic carboxylic acids is 1.